The van der Waals surface area contributed by atoms with E-state index in [1.165, 1.54) is 0 Å². The van der Waals surface area contributed by atoms with Crippen LogP contribution >= 0.6 is 11.3 Å². The summed E-state index contributed by atoms with van der Waals surface area (Å²) < 4.78 is 5.76. The highest BCUT2D eigenvalue weighted by atomic mass is 32.1. The third-order valence-corrected chi connectivity index (χ3v) is 8.88. The van der Waals surface area contributed by atoms with Crippen molar-refractivity contribution in [2.45, 2.75) is 118 Å². The fraction of sp³-hybridized carbons (Fsp3) is 0.710. The molecule has 0 aliphatic heterocycles. The summed E-state index contributed by atoms with van der Waals surface area (Å²) in [7, 11) is 0. The van der Waals surface area contributed by atoms with E-state index < -0.39 is 5.97 Å². The lowest BCUT2D eigenvalue weighted by Crippen LogP contribution is -2.47. The van der Waals surface area contributed by atoms with Crippen molar-refractivity contribution < 1.29 is 24.2 Å². The van der Waals surface area contributed by atoms with E-state index in [0.29, 0.717) is 54.5 Å². The van der Waals surface area contributed by atoms with Crippen LogP contribution in [0.3, 0.4) is 0 Å². The van der Waals surface area contributed by atoms with E-state index in [0.717, 1.165) is 43.4 Å². The zero-order chi connectivity index (χ0) is 28.0. The van der Waals surface area contributed by atoms with E-state index in [1.54, 1.807) is 11.0 Å². The molecule has 1 unspecified atom stereocenters. The molecule has 2 aliphatic carbocycles. The molecule has 2 fully saturated rings. The van der Waals surface area contributed by atoms with Gasteiger partial charge in [0, 0.05) is 23.8 Å². The number of amides is 1. The van der Waals surface area contributed by atoms with Gasteiger partial charge in [-0.25, -0.2) is 4.79 Å². The number of esters is 1. The van der Waals surface area contributed by atoms with Crippen LogP contribution in [0.2, 0.25) is 0 Å². The molecule has 1 aromatic rings. The summed E-state index contributed by atoms with van der Waals surface area (Å²) in [6.45, 7) is 12.4. The fourth-order valence-corrected chi connectivity index (χ4v) is 6.15. The van der Waals surface area contributed by atoms with Crippen molar-refractivity contribution in [1.82, 2.24) is 0 Å². The van der Waals surface area contributed by atoms with Gasteiger partial charge in [0.25, 0.3) is 0 Å². The van der Waals surface area contributed by atoms with Crippen LogP contribution in [0.4, 0.5) is 5.69 Å². The van der Waals surface area contributed by atoms with Gasteiger partial charge in [-0.3, -0.25) is 9.59 Å². The van der Waals surface area contributed by atoms with Gasteiger partial charge in [-0.1, -0.05) is 39.0 Å². The van der Waals surface area contributed by atoms with Gasteiger partial charge in [-0.05, 0) is 90.0 Å². The van der Waals surface area contributed by atoms with Crippen molar-refractivity contribution >= 4 is 34.9 Å². The SMILES string of the molecule is CCC(C)CC(=O)OC1CCC(N(C(=O)C2CCC(C)CC2)c2cc(C#CC(C)(C)C)sc2C(=O)O)CC1. The monoisotopic (exact) mass is 543 g/mol. The van der Waals surface area contributed by atoms with Crippen molar-refractivity contribution in [2.75, 3.05) is 4.90 Å². The van der Waals surface area contributed by atoms with Gasteiger partial charge in [-0.15, -0.1) is 11.3 Å². The highest BCUT2D eigenvalue weighted by Crippen LogP contribution is 2.39. The third kappa shape index (κ3) is 8.33. The predicted molar refractivity (Wildman–Crippen MR) is 152 cm³/mol. The summed E-state index contributed by atoms with van der Waals surface area (Å²) in [6.07, 6.45) is 7.61. The van der Waals surface area contributed by atoms with E-state index in [2.05, 4.69) is 32.6 Å². The standard InChI is InChI=1S/C31H45NO5S/c1-7-20(2)18-27(33)37-24-14-12-23(13-15-24)32(29(34)22-10-8-21(3)9-11-22)26-19-25(16-17-31(4,5)6)38-28(26)30(35)36/h19-24H,7-15,18H2,1-6H3,(H,35,36). The summed E-state index contributed by atoms with van der Waals surface area (Å²) in [5.74, 6) is 6.00. The number of aromatic carboxylic acids is 1. The lowest BCUT2D eigenvalue weighted by Gasteiger charge is -2.39. The van der Waals surface area contributed by atoms with Crippen LogP contribution in [0.1, 0.15) is 120 Å². The number of carboxylic acid groups (broad SMARTS) is 1. The molecule has 38 heavy (non-hydrogen) atoms. The Kier molecular flexibility index (Phi) is 10.5. The molecule has 3 rings (SSSR count). The number of ether oxygens (including phenoxy) is 1. The number of hydrogen-bond donors (Lipinski definition) is 1. The summed E-state index contributed by atoms with van der Waals surface area (Å²) in [6, 6.07) is 1.68. The molecule has 2 saturated carbocycles. The molecule has 1 atom stereocenters. The average molecular weight is 544 g/mol. The highest BCUT2D eigenvalue weighted by molar-refractivity contribution is 7.15. The first kappa shape index (κ1) is 30.2. The maximum absolute atomic E-state index is 14.0. The van der Waals surface area contributed by atoms with Gasteiger partial charge < -0.3 is 14.7 Å². The van der Waals surface area contributed by atoms with Crippen LogP contribution in [-0.4, -0.2) is 35.1 Å². The quantitative estimate of drug-likeness (QED) is 0.275. The number of anilines is 1. The minimum Gasteiger partial charge on any atom is -0.477 e. The molecule has 0 bridgehead atoms. The Bertz CT molecular complexity index is 1040. The third-order valence-electron chi connectivity index (χ3n) is 7.85. The number of thiophene rings is 1. The Morgan fingerprint density at radius 3 is 2.29 bits per heavy atom. The van der Waals surface area contributed by atoms with Gasteiger partial charge >= 0.3 is 11.9 Å². The topological polar surface area (TPSA) is 83.9 Å². The number of nitrogens with zero attached hydrogens (tertiary/aromatic N) is 1. The van der Waals surface area contributed by atoms with Crippen molar-refractivity contribution in [2.24, 2.45) is 23.2 Å². The minimum atomic E-state index is -1.03. The van der Waals surface area contributed by atoms with E-state index in [-0.39, 0.29) is 40.2 Å². The Morgan fingerprint density at radius 2 is 1.74 bits per heavy atom. The minimum absolute atomic E-state index is 0.0322. The van der Waals surface area contributed by atoms with Gasteiger partial charge in [0.15, 0.2) is 0 Å². The van der Waals surface area contributed by atoms with Crippen molar-refractivity contribution in [3.8, 4) is 11.8 Å². The second-order valence-corrected chi connectivity index (χ2v) is 13.5. The van der Waals surface area contributed by atoms with Gasteiger partial charge in [0.05, 0.1) is 10.6 Å². The number of carbonyl (C=O) groups excluding carboxylic acids is 2. The van der Waals surface area contributed by atoms with E-state index in [1.807, 2.05) is 20.8 Å². The number of carboxylic acids is 1. The van der Waals surface area contributed by atoms with Crippen LogP contribution < -0.4 is 4.90 Å². The number of hydrogen-bond acceptors (Lipinski definition) is 5. The Morgan fingerprint density at radius 1 is 1.11 bits per heavy atom. The molecule has 2 aliphatic rings. The normalized spacial score (nSPS) is 24.6. The molecule has 1 heterocycles. The lowest BCUT2D eigenvalue weighted by molar-refractivity contribution is -0.151. The second-order valence-electron chi connectivity index (χ2n) is 12.4. The molecule has 6 nitrogen and oxygen atoms in total. The molecule has 7 heteroatoms. The molecular formula is C31H45NO5S. The molecule has 0 radical (unpaired) electrons. The summed E-state index contributed by atoms with van der Waals surface area (Å²) in [5.41, 5.74) is 0.258. The summed E-state index contributed by atoms with van der Waals surface area (Å²) in [4.78, 5) is 41.3. The maximum Gasteiger partial charge on any atom is 0.348 e. The van der Waals surface area contributed by atoms with Crippen LogP contribution in [-0.2, 0) is 14.3 Å². The maximum atomic E-state index is 14.0. The smallest absolute Gasteiger partial charge is 0.348 e. The highest BCUT2D eigenvalue weighted by Gasteiger charge is 2.38. The van der Waals surface area contributed by atoms with Crippen molar-refractivity contribution in [1.29, 1.82) is 0 Å². The second kappa shape index (κ2) is 13.2. The number of rotatable bonds is 8. The summed E-state index contributed by atoms with van der Waals surface area (Å²) >= 11 is 1.15. The largest absolute Gasteiger partial charge is 0.477 e. The van der Waals surface area contributed by atoms with Crippen LogP contribution in [0.15, 0.2) is 6.07 Å². The molecule has 0 spiro atoms. The molecule has 1 amide bonds. The lowest BCUT2D eigenvalue weighted by atomic mass is 9.81. The van der Waals surface area contributed by atoms with Crippen molar-refractivity contribution in [3.63, 3.8) is 0 Å². The van der Waals surface area contributed by atoms with Gasteiger partial charge in [0.1, 0.15) is 11.0 Å². The first-order valence-electron chi connectivity index (χ1n) is 14.3. The Hall–Kier alpha value is -2.33. The molecule has 210 valence electrons. The number of carbonyl (C=O) groups is 3. The molecule has 0 aromatic carbocycles. The van der Waals surface area contributed by atoms with Gasteiger partial charge in [0.2, 0.25) is 5.91 Å². The average Bonchev–Trinajstić information content (AvgIpc) is 3.28. The van der Waals surface area contributed by atoms with Gasteiger partial charge in [-0.2, -0.15) is 0 Å². The molecular weight excluding hydrogens is 498 g/mol. The predicted octanol–water partition coefficient (Wildman–Crippen LogP) is 7.29. The van der Waals surface area contributed by atoms with E-state index in [4.69, 9.17) is 4.74 Å². The Balaban J connectivity index is 1.86. The molecule has 1 aromatic heterocycles. The van der Waals surface area contributed by atoms with Crippen LogP contribution in [0.25, 0.3) is 0 Å². The summed E-state index contributed by atoms with van der Waals surface area (Å²) in [5, 5.41) is 10.1. The first-order valence-corrected chi connectivity index (χ1v) is 15.1. The zero-order valence-electron chi connectivity index (χ0n) is 24.0. The Labute approximate surface area is 232 Å². The van der Waals surface area contributed by atoms with E-state index >= 15 is 0 Å². The zero-order valence-corrected chi connectivity index (χ0v) is 24.8. The first-order chi connectivity index (χ1) is 17.9. The van der Waals surface area contributed by atoms with E-state index in [9.17, 15) is 19.5 Å². The van der Waals surface area contributed by atoms with Crippen molar-refractivity contribution in [3.05, 3.63) is 15.8 Å². The molecule has 0 saturated heterocycles. The van der Waals surface area contributed by atoms with Crippen LogP contribution in [0.5, 0.6) is 0 Å². The van der Waals surface area contributed by atoms with Crippen LogP contribution in [0, 0.1) is 35.0 Å². The molecule has 1 N–H and O–H groups in total. The fourth-order valence-electron chi connectivity index (χ4n) is 5.31.